The van der Waals surface area contributed by atoms with Gasteiger partial charge in [0, 0.05) is 63.6 Å². The van der Waals surface area contributed by atoms with Gasteiger partial charge in [-0.05, 0) is 108 Å². The molecule has 0 saturated heterocycles. The van der Waals surface area contributed by atoms with Gasteiger partial charge in [-0.25, -0.2) is 19.3 Å². The summed E-state index contributed by atoms with van der Waals surface area (Å²) in [4.78, 5) is 18.1. The fourth-order valence-corrected chi connectivity index (χ4v) is 7.37. The van der Waals surface area contributed by atoms with Crippen molar-refractivity contribution in [1.29, 1.82) is 0 Å². The molecule has 23 heteroatoms. The van der Waals surface area contributed by atoms with E-state index in [1.165, 1.54) is 101 Å². The molecule has 0 fully saturated rings. The molecule has 17 aromatic rings. The summed E-state index contributed by atoms with van der Waals surface area (Å²) in [5.74, 6) is 0. The Balaban J connectivity index is 0.000000248. The topological polar surface area (TPSA) is 226 Å². The Kier molecular flexibility index (Phi) is 44.6. The molecule has 0 atom stereocenters. The number of hydrogen-bond acceptors (Lipinski definition) is 22. The minimum absolute atomic E-state index is 1.30. The van der Waals surface area contributed by atoms with Crippen molar-refractivity contribution < 1.29 is 35.7 Å². The first kappa shape index (κ1) is 70.8. The Bertz CT molecular complexity index is 2760. The summed E-state index contributed by atoms with van der Waals surface area (Å²) in [6, 6.07) is 48.0. The van der Waals surface area contributed by atoms with Crippen molar-refractivity contribution in [3.8, 4) is 0 Å². The van der Waals surface area contributed by atoms with Crippen molar-refractivity contribution in [2.45, 2.75) is 13.8 Å². The van der Waals surface area contributed by atoms with Gasteiger partial charge in [-0.3, -0.25) is 9.97 Å². The lowest BCUT2D eigenvalue weighted by Gasteiger charge is -1.95. The SMILES string of the molecule is Cc1cccc(C)c1.Cn1c2ccccc2c2ccccc21.c1ccoc1.c1ccoc1.c1ccsc1.c1ccsc1.c1cnoc1.c1cnoc1.c1cnoc1.c1cnsc1.c1cocn1.c1cocn1.c1cocn1.c1cscn1.c1cscn1. The van der Waals surface area contributed by atoms with Crippen LogP contribution >= 0.6 is 56.9 Å². The molecule has 0 aliphatic rings. The highest BCUT2D eigenvalue weighted by Crippen LogP contribution is 2.27. The first-order valence-electron chi connectivity index (χ1n) is 25.5. The van der Waals surface area contributed by atoms with Gasteiger partial charge in [-0.2, -0.15) is 22.7 Å². The number of fused-ring (bicyclic) bond motifs is 3. The minimum Gasteiger partial charge on any atom is -0.473 e. The van der Waals surface area contributed by atoms with Crippen molar-refractivity contribution in [1.82, 2.24) is 49.3 Å². The third-order valence-electron chi connectivity index (χ3n) is 8.82. The van der Waals surface area contributed by atoms with E-state index in [0.29, 0.717) is 0 Å². The molecule has 0 radical (unpaired) electrons. The van der Waals surface area contributed by atoms with E-state index in [9.17, 15) is 0 Å². The van der Waals surface area contributed by atoms with Gasteiger partial charge in [-0.15, -0.1) is 22.7 Å². The molecule has 87 heavy (non-hydrogen) atoms. The zero-order valence-corrected chi connectivity index (χ0v) is 51.6. The predicted octanol–water partition coefficient (Wildman–Crippen LogP) is 19.2. The maximum atomic E-state index is 4.58. The molecule has 0 N–H and O–H groups in total. The summed E-state index contributed by atoms with van der Waals surface area (Å²) in [6.07, 6.45) is 34.5. The lowest BCUT2D eigenvalue weighted by atomic mass is 10.2. The van der Waals surface area contributed by atoms with Gasteiger partial charge >= 0.3 is 0 Å². The van der Waals surface area contributed by atoms with Crippen LogP contribution in [0.3, 0.4) is 0 Å². The maximum absolute atomic E-state index is 4.58. The molecule has 14 heterocycles. The molecule has 0 saturated carbocycles. The molecule has 0 spiro atoms. The largest absolute Gasteiger partial charge is 0.473 e. The van der Waals surface area contributed by atoms with Gasteiger partial charge in [0.05, 0.1) is 73.3 Å². The lowest BCUT2D eigenvalue weighted by molar-refractivity contribution is 0.419. The van der Waals surface area contributed by atoms with E-state index in [0.717, 1.165) is 0 Å². The van der Waals surface area contributed by atoms with Crippen LogP contribution in [0.5, 0.6) is 0 Å². The van der Waals surface area contributed by atoms with Crippen LogP contribution in [0.15, 0.2) is 368 Å². The molecule has 0 amide bonds. The van der Waals surface area contributed by atoms with Gasteiger partial charge in [0.1, 0.15) is 37.6 Å². The fraction of sp³-hybridized carbons (Fsp3) is 0.0469. The second kappa shape index (κ2) is 54.8. The van der Waals surface area contributed by atoms with Gasteiger partial charge in [-0.1, -0.05) is 112 Å². The first-order valence-corrected chi connectivity index (χ1v) is 30.1. The number of nitrogens with zero attached hydrogens (tertiary/aromatic N) is 10. The molecule has 0 unspecified atom stereocenters. The van der Waals surface area contributed by atoms with Crippen LogP contribution in [0.1, 0.15) is 11.1 Å². The van der Waals surface area contributed by atoms with E-state index in [2.05, 4.69) is 179 Å². The average Bonchev–Trinajstić information content (AvgIpc) is 2.31. The highest BCUT2D eigenvalue weighted by atomic mass is 32.1. The van der Waals surface area contributed by atoms with Crippen molar-refractivity contribution in [2.75, 3.05) is 0 Å². The number of aryl methyl sites for hydroxylation is 3. The van der Waals surface area contributed by atoms with Crippen molar-refractivity contribution >= 4 is 78.7 Å². The average molecular weight is 1260 g/mol. The third kappa shape index (κ3) is 42.1. The van der Waals surface area contributed by atoms with Crippen LogP contribution in [-0.4, -0.2) is 49.3 Å². The highest BCUT2D eigenvalue weighted by molar-refractivity contribution is 7.08. The number of oxazole rings is 3. The number of furan rings is 2. The monoisotopic (exact) mass is 1260 g/mol. The van der Waals surface area contributed by atoms with Gasteiger partial charge in [0.15, 0.2) is 19.2 Å². The molecule has 17 rings (SSSR count). The van der Waals surface area contributed by atoms with Crippen molar-refractivity contribution in [3.05, 3.63) is 343 Å². The Morgan fingerprint density at radius 2 is 0.736 bits per heavy atom. The van der Waals surface area contributed by atoms with E-state index >= 15 is 0 Å². The summed E-state index contributed by atoms with van der Waals surface area (Å²) in [5, 5.41) is 26.7. The molecular formula is C64H64N10O8S5. The van der Waals surface area contributed by atoms with Crippen LogP contribution in [0, 0.1) is 13.8 Å². The summed E-state index contributed by atoms with van der Waals surface area (Å²) in [6.45, 7) is 4.21. The Morgan fingerprint density at radius 3 is 0.908 bits per heavy atom. The number of rotatable bonds is 0. The second-order valence-corrected chi connectivity index (χ2v) is 18.9. The lowest BCUT2D eigenvalue weighted by Crippen LogP contribution is -1.84. The van der Waals surface area contributed by atoms with E-state index in [4.69, 9.17) is 0 Å². The number of aromatic nitrogens is 10. The number of hydrogen-bond donors (Lipinski definition) is 0. The van der Waals surface area contributed by atoms with Gasteiger partial charge in [0.2, 0.25) is 0 Å². The van der Waals surface area contributed by atoms with Crippen molar-refractivity contribution in [2.24, 2.45) is 7.05 Å². The molecule has 3 aromatic carbocycles. The minimum atomic E-state index is 1.30. The number of benzene rings is 3. The summed E-state index contributed by atoms with van der Waals surface area (Å²) in [7, 11) is 2.12. The first-order chi connectivity index (χ1) is 43.2. The maximum Gasteiger partial charge on any atom is 0.180 e. The number of thiazole rings is 2. The van der Waals surface area contributed by atoms with E-state index < -0.39 is 0 Å². The second-order valence-electron chi connectivity index (χ2n) is 15.1. The van der Waals surface area contributed by atoms with E-state index in [1.807, 2.05) is 92.3 Å². The predicted molar refractivity (Wildman–Crippen MR) is 348 cm³/mol. The standard InChI is InChI=1S/C13H11N.C8H10.2C4H4O.2C4H4S.6C3H3NO.3C3H3NS/c1-14-12-8-4-2-6-10(12)11-7-3-5-9-13(11)14;1-7-4-3-5-8(2)6-7;4*1-2-4-5-3-1;3*1-2-5-3-4-1;3*1-2-4-5-3-1;2*1-2-5-3-4-1;1-2-4-5-3-1/h2-9H,1H3;3-6H,1-2H3;4*1-4H;9*1-3H. The normalized spacial score (nSPS) is 8.63. The highest BCUT2D eigenvalue weighted by Gasteiger charge is 2.05. The Labute approximate surface area is 524 Å². The molecule has 18 nitrogen and oxygen atoms in total. The fourth-order valence-electron chi connectivity index (χ4n) is 5.41. The Hall–Kier alpha value is -10.4. The zero-order valence-electron chi connectivity index (χ0n) is 47.5. The molecule has 14 aromatic heterocycles. The summed E-state index contributed by atoms with van der Waals surface area (Å²) >= 11 is 8.09. The summed E-state index contributed by atoms with van der Waals surface area (Å²) in [5.41, 5.74) is 8.86. The van der Waals surface area contributed by atoms with Crippen LogP contribution in [-0.2, 0) is 7.05 Å². The number of thiophene rings is 2. The molecule has 448 valence electrons. The van der Waals surface area contributed by atoms with Crippen LogP contribution < -0.4 is 0 Å². The van der Waals surface area contributed by atoms with Crippen LogP contribution in [0.2, 0.25) is 0 Å². The Morgan fingerprint density at radius 1 is 0.322 bits per heavy atom. The van der Waals surface area contributed by atoms with Crippen LogP contribution in [0.4, 0.5) is 0 Å². The third-order valence-corrected chi connectivity index (χ3v) is 11.6. The van der Waals surface area contributed by atoms with E-state index in [-0.39, 0.29) is 0 Å². The van der Waals surface area contributed by atoms with Gasteiger partial charge in [0.25, 0.3) is 0 Å². The number of para-hydroxylation sites is 2. The molecule has 0 bridgehead atoms. The smallest absolute Gasteiger partial charge is 0.180 e. The van der Waals surface area contributed by atoms with E-state index in [1.54, 1.807) is 155 Å². The van der Waals surface area contributed by atoms with Crippen molar-refractivity contribution in [3.63, 3.8) is 0 Å². The van der Waals surface area contributed by atoms with Gasteiger partial charge < -0.3 is 40.2 Å². The molecular weight excluding hydrogens is 1200 g/mol. The zero-order chi connectivity index (χ0) is 61.5. The van der Waals surface area contributed by atoms with Crippen LogP contribution in [0.25, 0.3) is 21.8 Å². The molecule has 0 aliphatic carbocycles. The summed E-state index contributed by atoms with van der Waals surface area (Å²) < 4.78 is 41.6. The molecule has 0 aliphatic heterocycles. The quantitative estimate of drug-likeness (QED) is 0.137.